The summed E-state index contributed by atoms with van der Waals surface area (Å²) in [7, 11) is 1.79. The Hall–Kier alpha value is -1.03. The third-order valence-corrected chi connectivity index (χ3v) is 2.24. The van der Waals surface area contributed by atoms with E-state index in [9.17, 15) is 4.79 Å². The van der Waals surface area contributed by atoms with Crippen molar-refractivity contribution < 1.29 is 4.79 Å². The van der Waals surface area contributed by atoms with Gasteiger partial charge in [0, 0.05) is 32.2 Å². The summed E-state index contributed by atoms with van der Waals surface area (Å²) in [5.74, 6) is 0.413. The van der Waals surface area contributed by atoms with Gasteiger partial charge in [0.1, 0.15) is 5.69 Å². The highest BCUT2D eigenvalue weighted by molar-refractivity contribution is 6.18. The second-order valence-electron chi connectivity index (χ2n) is 3.36. The minimum absolute atomic E-state index is 0.0434. The molecule has 1 amide bonds. The minimum atomic E-state index is -0.0434. The van der Waals surface area contributed by atoms with Crippen LogP contribution in [0.3, 0.4) is 0 Å². The maximum absolute atomic E-state index is 11.9. The first-order valence-electron chi connectivity index (χ1n) is 5.04. The molecule has 1 heterocycles. The summed E-state index contributed by atoms with van der Waals surface area (Å²) < 4.78 is 1.62. The van der Waals surface area contributed by atoms with Gasteiger partial charge in [-0.1, -0.05) is 6.92 Å². The lowest BCUT2D eigenvalue weighted by atomic mass is 10.3. The molecule has 84 valence electrons. The van der Waals surface area contributed by atoms with Crippen molar-refractivity contribution in [3.05, 3.63) is 18.0 Å². The number of hydrogen-bond donors (Lipinski definition) is 0. The molecule has 0 saturated heterocycles. The standard InChI is InChI=1S/C10H16ClN3O/c1-3-6-14(8-5-11)10(15)9-4-7-13(2)12-9/h4,7H,3,5-6,8H2,1-2H3. The van der Waals surface area contributed by atoms with Gasteiger partial charge in [-0.05, 0) is 12.5 Å². The molecule has 1 rings (SSSR count). The number of halogens is 1. The van der Waals surface area contributed by atoms with E-state index in [0.29, 0.717) is 18.1 Å². The molecule has 0 aliphatic carbocycles. The topological polar surface area (TPSA) is 38.1 Å². The number of amides is 1. The molecule has 0 aliphatic rings. The molecular formula is C10H16ClN3O. The van der Waals surface area contributed by atoms with E-state index in [1.54, 1.807) is 28.9 Å². The summed E-state index contributed by atoms with van der Waals surface area (Å²) in [4.78, 5) is 13.7. The van der Waals surface area contributed by atoms with Crippen LogP contribution in [0.5, 0.6) is 0 Å². The Morgan fingerprint density at radius 3 is 2.80 bits per heavy atom. The largest absolute Gasteiger partial charge is 0.336 e. The lowest BCUT2D eigenvalue weighted by molar-refractivity contribution is 0.0759. The number of aromatic nitrogens is 2. The molecular weight excluding hydrogens is 214 g/mol. The maximum atomic E-state index is 11.9. The monoisotopic (exact) mass is 229 g/mol. The van der Waals surface area contributed by atoms with Gasteiger partial charge < -0.3 is 4.90 Å². The predicted molar refractivity (Wildman–Crippen MR) is 60.1 cm³/mol. The van der Waals surface area contributed by atoms with Gasteiger partial charge in [-0.3, -0.25) is 9.48 Å². The van der Waals surface area contributed by atoms with Crippen LogP contribution in [0.15, 0.2) is 12.3 Å². The van der Waals surface area contributed by atoms with Crippen LogP contribution in [0.1, 0.15) is 23.8 Å². The molecule has 0 N–H and O–H groups in total. The molecule has 1 aromatic heterocycles. The first-order valence-corrected chi connectivity index (χ1v) is 5.57. The number of carbonyl (C=O) groups excluding carboxylic acids is 1. The number of rotatable bonds is 5. The lowest BCUT2D eigenvalue weighted by Crippen LogP contribution is -2.33. The third-order valence-electron chi connectivity index (χ3n) is 2.07. The zero-order chi connectivity index (χ0) is 11.3. The van der Waals surface area contributed by atoms with Crippen LogP contribution in [0, 0.1) is 0 Å². The minimum Gasteiger partial charge on any atom is -0.336 e. The smallest absolute Gasteiger partial charge is 0.274 e. The van der Waals surface area contributed by atoms with Gasteiger partial charge in [0.25, 0.3) is 5.91 Å². The molecule has 0 unspecified atom stereocenters. The molecule has 1 aromatic rings. The van der Waals surface area contributed by atoms with Crippen LogP contribution < -0.4 is 0 Å². The Balaban J connectivity index is 2.71. The summed E-state index contributed by atoms with van der Waals surface area (Å²) in [5, 5.41) is 4.08. The first-order chi connectivity index (χ1) is 7.19. The molecule has 5 heteroatoms. The molecule has 0 aliphatic heterocycles. The molecule has 0 saturated carbocycles. The third kappa shape index (κ3) is 3.23. The van der Waals surface area contributed by atoms with Crippen molar-refractivity contribution in [3.63, 3.8) is 0 Å². The Kier molecular flexibility index (Phi) is 4.62. The fourth-order valence-corrected chi connectivity index (χ4v) is 1.58. The van der Waals surface area contributed by atoms with Crippen molar-refractivity contribution in [1.82, 2.24) is 14.7 Å². The highest BCUT2D eigenvalue weighted by Crippen LogP contribution is 2.03. The SMILES string of the molecule is CCCN(CCCl)C(=O)c1ccn(C)n1. The number of aryl methyl sites for hydroxylation is 1. The predicted octanol–water partition coefficient (Wildman–Crippen LogP) is 1.51. The van der Waals surface area contributed by atoms with Crippen molar-refractivity contribution in [1.29, 1.82) is 0 Å². The summed E-state index contributed by atoms with van der Waals surface area (Å²) in [6.45, 7) is 3.33. The van der Waals surface area contributed by atoms with E-state index in [-0.39, 0.29) is 5.91 Å². The van der Waals surface area contributed by atoms with E-state index >= 15 is 0 Å². The van der Waals surface area contributed by atoms with Crippen LogP contribution in [-0.4, -0.2) is 39.6 Å². The summed E-state index contributed by atoms with van der Waals surface area (Å²) in [6, 6.07) is 1.72. The van der Waals surface area contributed by atoms with Crippen molar-refractivity contribution >= 4 is 17.5 Å². The van der Waals surface area contributed by atoms with Crippen LogP contribution >= 0.6 is 11.6 Å². The van der Waals surface area contributed by atoms with E-state index < -0.39 is 0 Å². The molecule has 0 fully saturated rings. The summed E-state index contributed by atoms with van der Waals surface area (Å²) in [6.07, 6.45) is 2.69. The number of hydrogen-bond acceptors (Lipinski definition) is 2. The average molecular weight is 230 g/mol. The molecule has 0 bridgehead atoms. The molecule has 0 spiro atoms. The van der Waals surface area contributed by atoms with Crippen molar-refractivity contribution in [3.8, 4) is 0 Å². The second-order valence-corrected chi connectivity index (χ2v) is 3.73. The van der Waals surface area contributed by atoms with Gasteiger partial charge in [-0.15, -0.1) is 11.6 Å². The van der Waals surface area contributed by atoms with E-state index in [1.807, 2.05) is 6.92 Å². The van der Waals surface area contributed by atoms with Gasteiger partial charge in [-0.2, -0.15) is 5.10 Å². The highest BCUT2D eigenvalue weighted by Gasteiger charge is 2.16. The van der Waals surface area contributed by atoms with Gasteiger partial charge in [0.2, 0.25) is 0 Å². The van der Waals surface area contributed by atoms with E-state index in [0.717, 1.165) is 13.0 Å². The Bertz CT molecular complexity index is 318. The zero-order valence-electron chi connectivity index (χ0n) is 9.11. The fraction of sp³-hybridized carbons (Fsp3) is 0.600. The van der Waals surface area contributed by atoms with Gasteiger partial charge >= 0.3 is 0 Å². The first kappa shape index (κ1) is 12.0. The normalized spacial score (nSPS) is 10.3. The van der Waals surface area contributed by atoms with Crippen LogP contribution in [0.4, 0.5) is 0 Å². The number of alkyl halides is 1. The Labute approximate surface area is 94.8 Å². The zero-order valence-corrected chi connectivity index (χ0v) is 9.87. The fourth-order valence-electron chi connectivity index (χ4n) is 1.38. The van der Waals surface area contributed by atoms with Crippen LogP contribution in [0.2, 0.25) is 0 Å². The van der Waals surface area contributed by atoms with Crippen molar-refractivity contribution in [2.75, 3.05) is 19.0 Å². The van der Waals surface area contributed by atoms with Gasteiger partial charge in [0.05, 0.1) is 0 Å². The molecule has 0 radical (unpaired) electrons. The summed E-state index contributed by atoms with van der Waals surface area (Å²) >= 11 is 5.65. The van der Waals surface area contributed by atoms with E-state index in [4.69, 9.17) is 11.6 Å². The molecule has 0 atom stereocenters. The van der Waals surface area contributed by atoms with E-state index in [2.05, 4.69) is 5.10 Å². The highest BCUT2D eigenvalue weighted by atomic mass is 35.5. The van der Waals surface area contributed by atoms with E-state index in [1.165, 1.54) is 0 Å². The van der Waals surface area contributed by atoms with Crippen LogP contribution in [-0.2, 0) is 7.05 Å². The molecule has 15 heavy (non-hydrogen) atoms. The van der Waals surface area contributed by atoms with Crippen LogP contribution in [0.25, 0.3) is 0 Å². The average Bonchev–Trinajstić information content (AvgIpc) is 2.63. The van der Waals surface area contributed by atoms with Gasteiger partial charge in [0.15, 0.2) is 0 Å². The lowest BCUT2D eigenvalue weighted by Gasteiger charge is -2.19. The molecule has 0 aromatic carbocycles. The second kappa shape index (κ2) is 5.75. The number of carbonyl (C=O) groups is 1. The Morgan fingerprint density at radius 1 is 1.60 bits per heavy atom. The van der Waals surface area contributed by atoms with Crippen molar-refractivity contribution in [2.45, 2.75) is 13.3 Å². The quantitative estimate of drug-likeness (QED) is 0.718. The van der Waals surface area contributed by atoms with Crippen molar-refractivity contribution in [2.24, 2.45) is 7.05 Å². The maximum Gasteiger partial charge on any atom is 0.274 e. The number of nitrogens with zero attached hydrogens (tertiary/aromatic N) is 3. The molecule has 4 nitrogen and oxygen atoms in total. The summed E-state index contributed by atoms with van der Waals surface area (Å²) in [5.41, 5.74) is 0.482. The Morgan fingerprint density at radius 2 is 2.33 bits per heavy atom. The van der Waals surface area contributed by atoms with Gasteiger partial charge in [-0.25, -0.2) is 0 Å².